The molecule has 2 N–H and O–H groups in total. The van der Waals surface area contributed by atoms with Crippen molar-refractivity contribution in [1.82, 2.24) is 4.90 Å². The molecule has 6 heteroatoms. The van der Waals surface area contributed by atoms with Gasteiger partial charge in [-0.25, -0.2) is 9.59 Å². The van der Waals surface area contributed by atoms with E-state index in [1.54, 1.807) is 36.1 Å². The van der Waals surface area contributed by atoms with Crippen molar-refractivity contribution < 1.29 is 14.3 Å². The normalized spacial score (nSPS) is 13.9. The predicted octanol–water partition coefficient (Wildman–Crippen LogP) is 2.88. The number of hydrogen-bond donors (Lipinski definition) is 2. The van der Waals surface area contributed by atoms with Crippen LogP contribution in [0.3, 0.4) is 0 Å². The van der Waals surface area contributed by atoms with Gasteiger partial charge in [0, 0.05) is 24.5 Å². The number of carbonyl (C=O) groups excluding carboxylic acids is 2. The summed E-state index contributed by atoms with van der Waals surface area (Å²) in [4.78, 5) is 24.9. The lowest BCUT2D eigenvalue weighted by molar-refractivity contribution is 0.168. The maximum atomic E-state index is 11.9. The molecule has 0 aliphatic carbocycles. The van der Waals surface area contributed by atoms with Gasteiger partial charge in [-0.1, -0.05) is 0 Å². The number of anilines is 2. The lowest BCUT2D eigenvalue weighted by Crippen LogP contribution is -2.32. The summed E-state index contributed by atoms with van der Waals surface area (Å²) in [6.45, 7) is 3.70. The van der Waals surface area contributed by atoms with E-state index in [1.807, 2.05) is 0 Å². The van der Waals surface area contributed by atoms with E-state index in [4.69, 9.17) is 4.74 Å². The van der Waals surface area contributed by atoms with Crippen molar-refractivity contribution in [3.63, 3.8) is 0 Å². The Labute approximate surface area is 118 Å². The van der Waals surface area contributed by atoms with Crippen LogP contribution in [0.15, 0.2) is 24.3 Å². The Kier molecular flexibility index (Phi) is 4.81. The Hall–Kier alpha value is -2.24. The van der Waals surface area contributed by atoms with Crippen molar-refractivity contribution in [3.8, 4) is 0 Å². The first-order chi connectivity index (χ1) is 9.69. The van der Waals surface area contributed by atoms with Gasteiger partial charge in [-0.15, -0.1) is 0 Å². The molecule has 6 nitrogen and oxygen atoms in total. The molecular formula is C14H19N3O3. The fourth-order valence-corrected chi connectivity index (χ4v) is 2.04. The molecule has 0 bridgehead atoms. The van der Waals surface area contributed by atoms with Crippen LogP contribution in [-0.2, 0) is 4.74 Å². The molecule has 1 aliphatic rings. The van der Waals surface area contributed by atoms with E-state index >= 15 is 0 Å². The molecule has 108 valence electrons. The summed E-state index contributed by atoms with van der Waals surface area (Å²) in [6.07, 6.45) is 1.65. The average Bonchev–Trinajstić information content (AvgIpc) is 2.95. The van der Waals surface area contributed by atoms with E-state index in [-0.39, 0.29) is 6.03 Å². The fraction of sp³-hybridized carbons (Fsp3) is 0.429. The maximum Gasteiger partial charge on any atom is 0.411 e. The van der Waals surface area contributed by atoms with Crippen LogP contribution in [0.25, 0.3) is 0 Å². The highest BCUT2D eigenvalue weighted by Crippen LogP contribution is 2.15. The van der Waals surface area contributed by atoms with E-state index in [1.165, 1.54) is 0 Å². The summed E-state index contributed by atoms with van der Waals surface area (Å²) in [7, 11) is 0. The van der Waals surface area contributed by atoms with Crippen LogP contribution in [-0.4, -0.2) is 36.7 Å². The zero-order valence-electron chi connectivity index (χ0n) is 11.5. The zero-order valence-corrected chi connectivity index (χ0v) is 11.5. The van der Waals surface area contributed by atoms with Crippen LogP contribution >= 0.6 is 0 Å². The molecule has 1 heterocycles. The first kappa shape index (κ1) is 14.2. The summed E-state index contributed by atoms with van der Waals surface area (Å²) in [5.41, 5.74) is 1.33. The van der Waals surface area contributed by atoms with Crippen molar-refractivity contribution >= 4 is 23.5 Å². The molecular weight excluding hydrogens is 258 g/mol. The number of benzene rings is 1. The zero-order chi connectivity index (χ0) is 14.4. The molecule has 2 rings (SSSR count). The van der Waals surface area contributed by atoms with Crippen molar-refractivity contribution in [2.75, 3.05) is 30.3 Å². The fourth-order valence-electron chi connectivity index (χ4n) is 2.04. The van der Waals surface area contributed by atoms with Gasteiger partial charge in [-0.05, 0) is 44.0 Å². The van der Waals surface area contributed by atoms with Crippen LogP contribution < -0.4 is 10.6 Å². The topological polar surface area (TPSA) is 70.7 Å². The number of nitrogens with one attached hydrogen (secondary N) is 2. The number of likely N-dealkylation sites (tertiary alicyclic amines) is 1. The van der Waals surface area contributed by atoms with Crippen LogP contribution in [0.5, 0.6) is 0 Å². The minimum absolute atomic E-state index is 0.0754. The number of amides is 3. The number of hydrogen-bond acceptors (Lipinski definition) is 3. The predicted molar refractivity (Wildman–Crippen MR) is 76.9 cm³/mol. The van der Waals surface area contributed by atoms with Crippen LogP contribution in [0, 0.1) is 0 Å². The van der Waals surface area contributed by atoms with Gasteiger partial charge >= 0.3 is 12.1 Å². The molecule has 1 aliphatic heterocycles. The lowest BCUT2D eigenvalue weighted by Gasteiger charge is -2.16. The Morgan fingerprint density at radius 2 is 1.65 bits per heavy atom. The smallest absolute Gasteiger partial charge is 0.411 e. The first-order valence-electron chi connectivity index (χ1n) is 6.79. The lowest BCUT2D eigenvalue weighted by atomic mass is 10.3. The van der Waals surface area contributed by atoms with Gasteiger partial charge in [0.2, 0.25) is 0 Å². The first-order valence-corrected chi connectivity index (χ1v) is 6.79. The van der Waals surface area contributed by atoms with E-state index in [0.717, 1.165) is 25.9 Å². The highest BCUT2D eigenvalue weighted by Gasteiger charge is 2.17. The molecule has 0 saturated carbocycles. The third-order valence-corrected chi connectivity index (χ3v) is 3.05. The maximum absolute atomic E-state index is 11.9. The summed E-state index contributed by atoms with van der Waals surface area (Å²) in [5.74, 6) is 0. The van der Waals surface area contributed by atoms with Crippen molar-refractivity contribution in [1.29, 1.82) is 0 Å². The second kappa shape index (κ2) is 6.79. The Morgan fingerprint density at radius 1 is 1.10 bits per heavy atom. The van der Waals surface area contributed by atoms with Crippen LogP contribution in [0.1, 0.15) is 19.8 Å². The van der Waals surface area contributed by atoms with E-state index < -0.39 is 6.09 Å². The molecule has 0 spiro atoms. The molecule has 20 heavy (non-hydrogen) atoms. The summed E-state index contributed by atoms with van der Waals surface area (Å²) in [5, 5.41) is 5.43. The van der Waals surface area contributed by atoms with Crippen molar-refractivity contribution in [3.05, 3.63) is 24.3 Å². The quantitative estimate of drug-likeness (QED) is 0.892. The van der Waals surface area contributed by atoms with Crippen LogP contribution in [0.2, 0.25) is 0 Å². The molecule has 0 atom stereocenters. The van der Waals surface area contributed by atoms with Gasteiger partial charge in [-0.2, -0.15) is 0 Å². The van der Waals surface area contributed by atoms with Gasteiger partial charge in [-0.3, -0.25) is 5.32 Å². The largest absolute Gasteiger partial charge is 0.450 e. The summed E-state index contributed by atoms with van der Waals surface area (Å²) < 4.78 is 4.78. The second-order valence-corrected chi connectivity index (χ2v) is 4.55. The number of rotatable bonds is 3. The number of ether oxygens (including phenoxy) is 1. The van der Waals surface area contributed by atoms with Gasteiger partial charge in [0.1, 0.15) is 0 Å². The molecule has 1 aromatic carbocycles. The molecule has 0 radical (unpaired) electrons. The standard InChI is InChI=1S/C14H19N3O3/c1-2-20-14(19)16-12-7-5-11(6-8-12)15-13(18)17-9-3-4-10-17/h5-8H,2-4,9-10H2,1H3,(H,15,18)(H,16,19). The molecule has 3 amide bonds. The van der Waals surface area contributed by atoms with Gasteiger partial charge in [0.05, 0.1) is 6.61 Å². The molecule has 1 saturated heterocycles. The minimum atomic E-state index is -0.485. The van der Waals surface area contributed by atoms with Gasteiger partial charge < -0.3 is 15.0 Å². The molecule has 0 unspecified atom stereocenters. The van der Waals surface area contributed by atoms with Gasteiger partial charge in [0.25, 0.3) is 0 Å². The Morgan fingerprint density at radius 3 is 2.20 bits per heavy atom. The second-order valence-electron chi connectivity index (χ2n) is 4.55. The van der Waals surface area contributed by atoms with Crippen LogP contribution in [0.4, 0.5) is 21.0 Å². The number of carbonyl (C=O) groups is 2. The van der Waals surface area contributed by atoms with E-state index in [0.29, 0.717) is 18.0 Å². The third-order valence-electron chi connectivity index (χ3n) is 3.05. The highest BCUT2D eigenvalue weighted by molar-refractivity contribution is 5.90. The van der Waals surface area contributed by atoms with Crippen molar-refractivity contribution in [2.24, 2.45) is 0 Å². The van der Waals surface area contributed by atoms with E-state index in [9.17, 15) is 9.59 Å². The number of urea groups is 1. The third kappa shape index (κ3) is 3.88. The molecule has 1 aromatic rings. The SMILES string of the molecule is CCOC(=O)Nc1ccc(NC(=O)N2CCCC2)cc1. The molecule has 0 aromatic heterocycles. The minimum Gasteiger partial charge on any atom is -0.450 e. The summed E-state index contributed by atoms with van der Waals surface area (Å²) in [6, 6.07) is 6.85. The van der Waals surface area contributed by atoms with E-state index in [2.05, 4.69) is 10.6 Å². The van der Waals surface area contributed by atoms with Gasteiger partial charge in [0.15, 0.2) is 0 Å². The van der Waals surface area contributed by atoms with Crippen molar-refractivity contribution in [2.45, 2.75) is 19.8 Å². The summed E-state index contributed by atoms with van der Waals surface area (Å²) >= 11 is 0. The number of nitrogens with zero attached hydrogens (tertiary/aromatic N) is 1. The molecule has 1 fully saturated rings. The highest BCUT2D eigenvalue weighted by atomic mass is 16.5. The Bertz CT molecular complexity index is 467. The average molecular weight is 277 g/mol. The monoisotopic (exact) mass is 277 g/mol. The Balaban J connectivity index is 1.87.